The van der Waals surface area contributed by atoms with Gasteiger partial charge in [0.15, 0.2) is 0 Å². The van der Waals surface area contributed by atoms with Gasteiger partial charge in [-0.15, -0.1) is 0 Å². The number of ether oxygens (including phenoxy) is 1. The molecule has 2 aromatic carbocycles. The van der Waals surface area contributed by atoms with E-state index in [4.69, 9.17) is 4.74 Å². The van der Waals surface area contributed by atoms with Crippen molar-refractivity contribution in [2.45, 2.75) is 25.7 Å². The average molecular weight is 310 g/mol. The van der Waals surface area contributed by atoms with Crippen molar-refractivity contribution in [2.24, 2.45) is 5.16 Å². The molecule has 1 unspecified atom stereocenters. The van der Waals surface area contributed by atoms with Crippen LogP contribution in [0.5, 0.6) is 0 Å². The van der Waals surface area contributed by atoms with Crippen LogP contribution in [0.1, 0.15) is 17.5 Å². The molecule has 0 aromatic heterocycles. The monoisotopic (exact) mass is 310 g/mol. The highest BCUT2D eigenvalue weighted by Gasteiger charge is 2.26. The molecule has 4 nitrogen and oxygen atoms in total. The minimum Gasteiger partial charge on any atom is -0.411 e. The molecule has 0 amide bonds. The van der Waals surface area contributed by atoms with Gasteiger partial charge in [0.2, 0.25) is 0 Å². The number of hydrogen-bond acceptors (Lipinski definition) is 4. The number of oxime groups is 1. The fourth-order valence-electron chi connectivity index (χ4n) is 2.88. The van der Waals surface area contributed by atoms with Gasteiger partial charge in [0.05, 0.1) is 12.3 Å². The number of likely N-dealkylation sites (tertiary alicyclic amines) is 1. The summed E-state index contributed by atoms with van der Waals surface area (Å²) in [6.07, 6.45) is 0.584. The highest BCUT2D eigenvalue weighted by Crippen LogP contribution is 2.16. The molecule has 1 heterocycles. The first-order chi connectivity index (χ1) is 11.3. The minimum atomic E-state index is -0.155. The quantitative estimate of drug-likeness (QED) is 0.681. The zero-order chi connectivity index (χ0) is 15.9. The highest BCUT2D eigenvalue weighted by molar-refractivity contribution is 5.89. The third kappa shape index (κ3) is 4.41. The molecule has 0 aliphatic carbocycles. The summed E-state index contributed by atoms with van der Waals surface area (Å²) < 4.78 is 6.01. The SMILES string of the molecule is ON=C1CCN(Cc2ccccc2)CC1OCc1ccccc1. The van der Waals surface area contributed by atoms with Crippen LogP contribution in [0.3, 0.4) is 0 Å². The van der Waals surface area contributed by atoms with Crippen molar-refractivity contribution in [1.29, 1.82) is 0 Å². The maximum absolute atomic E-state index is 9.22. The Bertz CT molecular complexity index is 628. The van der Waals surface area contributed by atoms with Crippen molar-refractivity contribution in [3.63, 3.8) is 0 Å². The van der Waals surface area contributed by atoms with Gasteiger partial charge < -0.3 is 9.94 Å². The van der Waals surface area contributed by atoms with Gasteiger partial charge in [-0.25, -0.2) is 0 Å². The normalized spacial score (nSPS) is 20.7. The summed E-state index contributed by atoms with van der Waals surface area (Å²) in [5.41, 5.74) is 3.16. The van der Waals surface area contributed by atoms with E-state index in [1.54, 1.807) is 0 Å². The van der Waals surface area contributed by atoms with Gasteiger partial charge in [0, 0.05) is 26.1 Å². The molecule has 3 rings (SSSR count). The Hall–Kier alpha value is -2.17. The molecule has 0 spiro atoms. The molecule has 1 saturated heterocycles. The molecule has 4 heteroatoms. The van der Waals surface area contributed by atoms with Gasteiger partial charge >= 0.3 is 0 Å². The smallest absolute Gasteiger partial charge is 0.112 e. The van der Waals surface area contributed by atoms with Gasteiger partial charge in [-0.3, -0.25) is 4.90 Å². The van der Waals surface area contributed by atoms with E-state index < -0.39 is 0 Å². The zero-order valence-corrected chi connectivity index (χ0v) is 13.1. The Kier molecular flexibility index (Phi) is 5.40. The van der Waals surface area contributed by atoms with Gasteiger partial charge in [0.25, 0.3) is 0 Å². The lowest BCUT2D eigenvalue weighted by molar-refractivity contribution is 0.0411. The third-order valence-corrected chi connectivity index (χ3v) is 4.15. The third-order valence-electron chi connectivity index (χ3n) is 4.15. The van der Waals surface area contributed by atoms with E-state index in [2.05, 4.69) is 34.3 Å². The Morgan fingerprint density at radius 1 is 1.00 bits per heavy atom. The molecule has 1 fully saturated rings. The van der Waals surface area contributed by atoms with E-state index in [0.29, 0.717) is 6.61 Å². The highest BCUT2D eigenvalue weighted by atomic mass is 16.5. The van der Waals surface area contributed by atoms with E-state index in [-0.39, 0.29) is 6.10 Å². The summed E-state index contributed by atoms with van der Waals surface area (Å²) in [5, 5.41) is 12.7. The molecule has 1 atom stereocenters. The van der Waals surface area contributed by atoms with Crippen LogP contribution in [0.2, 0.25) is 0 Å². The minimum absolute atomic E-state index is 0.155. The lowest BCUT2D eigenvalue weighted by Crippen LogP contribution is -2.45. The van der Waals surface area contributed by atoms with Crippen LogP contribution >= 0.6 is 0 Å². The Morgan fingerprint density at radius 3 is 2.30 bits per heavy atom. The van der Waals surface area contributed by atoms with E-state index in [0.717, 1.165) is 37.3 Å². The van der Waals surface area contributed by atoms with E-state index >= 15 is 0 Å². The lowest BCUT2D eigenvalue weighted by atomic mass is 10.0. The Morgan fingerprint density at radius 2 is 1.65 bits per heavy atom. The molecule has 2 aromatic rings. The van der Waals surface area contributed by atoms with Crippen LogP contribution < -0.4 is 0 Å². The maximum atomic E-state index is 9.22. The first-order valence-corrected chi connectivity index (χ1v) is 7.98. The van der Waals surface area contributed by atoms with Crippen molar-refractivity contribution < 1.29 is 9.94 Å². The van der Waals surface area contributed by atoms with Crippen LogP contribution in [-0.4, -0.2) is 35.0 Å². The number of piperidine rings is 1. The van der Waals surface area contributed by atoms with Crippen molar-refractivity contribution in [3.05, 3.63) is 71.8 Å². The second-order valence-corrected chi connectivity index (χ2v) is 5.85. The topological polar surface area (TPSA) is 45.1 Å². The molecular formula is C19H22N2O2. The Balaban J connectivity index is 1.60. The number of hydrogen-bond donors (Lipinski definition) is 1. The predicted octanol–water partition coefficient (Wildman–Crippen LogP) is 3.31. The maximum Gasteiger partial charge on any atom is 0.112 e. The Labute approximate surface area is 137 Å². The fraction of sp³-hybridized carbons (Fsp3) is 0.316. The first-order valence-electron chi connectivity index (χ1n) is 7.98. The van der Waals surface area contributed by atoms with Crippen LogP contribution in [0, 0.1) is 0 Å². The van der Waals surface area contributed by atoms with Crippen LogP contribution in [0.15, 0.2) is 65.8 Å². The van der Waals surface area contributed by atoms with Crippen molar-refractivity contribution in [1.82, 2.24) is 4.90 Å². The zero-order valence-electron chi connectivity index (χ0n) is 13.1. The molecular weight excluding hydrogens is 288 g/mol. The van der Waals surface area contributed by atoms with Gasteiger partial charge in [-0.1, -0.05) is 65.8 Å². The summed E-state index contributed by atoms with van der Waals surface area (Å²) in [5.74, 6) is 0. The fourth-order valence-corrected chi connectivity index (χ4v) is 2.88. The summed E-state index contributed by atoms with van der Waals surface area (Å²) in [7, 11) is 0. The molecule has 23 heavy (non-hydrogen) atoms. The van der Waals surface area contributed by atoms with Crippen LogP contribution in [-0.2, 0) is 17.9 Å². The molecule has 0 radical (unpaired) electrons. The van der Waals surface area contributed by atoms with Crippen molar-refractivity contribution in [2.75, 3.05) is 13.1 Å². The van der Waals surface area contributed by atoms with E-state index in [1.807, 2.05) is 36.4 Å². The van der Waals surface area contributed by atoms with E-state index in [1.165, 1.54) is 5.56 Å². The summed E-state index contributed by atoms with van der Waals surface area (Å²) in [4.78, 5) is 2.35. The molecule has 1 aliphatic heterocycles. The van der Waals surface area contributed by atoms with Gasteiger partial charge in [0.1, 0.15) is 6.10 Å². The van der Waals surface area contributed by atoms with Gasteiger partial charge in [-0.2, -0.15) is 0 Å². The van der Waals surface area contributed by atoms with Crippen LogP contribution in [0.4, 0.5) is 0 Å². The largest absolute Gasteiger partial charge is 0.411 e. The molecule has 0 bridgehead atoms. The van der Waals surface area contributed by atoms with Crippen LogP contribution in [0.25, 0.3) is 0 Å². The standard InChI is InChI=1S/C19H22N2O2/c22-20-18-11-12-21(13-16-7-3-1-4-8-16)14-19(18)23-15-17-9-5-2-6-10-17/h1-10,19,22H,11-15H2. The molecule has 0 saturated carbocycles. The molecule has 1 N–H and O–H groups in total. The summed E-state index contributed by atoms with van der Waals surface area (Å²) in [6.45, 7) is 3.06. The lowest BCUT2D eigenvalue weighted by Gasteiger charge is -2.33. The van der Waals surface area contributed by atoms with Gasteiger partial charge in [-0.05, 0) is 11.1 Å². The second-order valence-electron chi connectivity index (χ2n) is 5.85. The number of nitrogens with zero attached hydrogens (tertiary/aromatic N) is 2. The predicted molar refractivity (Wildman–Crippen MR) is 90.6 cm³/mol. The van der Waals surface area contributed by atoms with Crippen molar-refractivity contribution >= 4 is 5.71 Å². The van der Waals surface area contributed by atoms with E-state index in [9.17, 15) is 5.21 Å². The summed E-state index contributed by atoms with van der Waals surface area (Å²) >= 11 is 0. The molecule has 120 valence electrons. The molecule has 1 aliphatic rings. The van der Waals surface area contributed by atoms with Crippen molar-refractivity contribution in [3.8, 4) is 0 Å². The summed E-state index contributed by atoms with van der Waals surface area (Å²) in [6, 6.07) is 20.5. The first kappa shape index (κ1) is 15.7. The number of rotatable bonds is 5. The second kappa shape index (κ2) is 7.90. The number of benzene rings is 2. The average Bonchev–Trinajstić information content (AvgIpc) is 2.62.